The van der Waals surface area contributed by atoms with E-state index in [2.05, 4.69) is 28.6 Å². The Labute approximate surface area is 115 Å². The summed E-state index contributed by atoms with van der Waals surface area (Å²) in [6, 6.07) is 0.633. The van der Waals surface area contributed by atoms with E-state index in [1.807, 2.05) is 0 Å². The van der Waals surface area contributed by atoms with Crippen LogP contribution in [0.1, 0.15) is 76.5 Å². The zero-order valence-electron chi connectivity index (χ0n) is 12.2. The van der Waals surface area contributed by atoms with E-state index in [1.165, 1.54) is 50.8 Å². The van der Waals surface area contributed by atoms with Crippen LogP contribution in [0.3, 0.4) is 0 Å². The van der Waals surface area contributed by atoms with Crippen molar-refractivity contribution in [1.82, 2.24) is 14.8 Å². The summed E-state index contributed by atoms with van der Waals surface area (Å²) in [5.74, 6) is 2.96. The van der Waals surface area contributed by atoms with Crippen molar-refractivity contribution < 1.29 is 0 Å². The van der Waals surface area contributed by atoms with Gasteiger partial charge in [0.05, 0.1) is 6.54 Å². The Morgan fingerprint density at radius 1 is 1.26 bits per heavy atom. The predicted molar refractivity (Wildman–Crippen MR) is 75.8 cm³/mol. The molecule has 0 saturated heterocycles. The molecular weight excluding hydrogens is 236 g/mol. The maximum atomic E-state index is 5.85. The van der Waals surface area contributed by atoms with Crippen molar-refractivity contribution in [2.75, 3.05) is 0 Å². The molecule has 1 aromatic rings. The van der Waals surface area contributed by atoms with Crippen molar-refractivity contribution in [3.63, 3.8) is 0 Å². The summed E-state index contributed by atoms with van der Waals surface area (Å²) in [7, 11) is 0. The third-order valence-corrected chi connectivity index (χ3v) is 4.70. The fourth-order valence-corrected chi connectivity index (χ4v) is 3.89. The first-order chi connectivity index (χ1) is 9.16. The molecule has 0 radical (unpaired) electrons. The lowest BCUT2D eigenvalue weighted by atomic mass is 9.77. The van der Waals surface area contributed by atoms with Crippen molar-refractivity contribution >= 4 is 0 Å². The van der Waals surface area contributed by atoms with Gasteiger partial charge in [0.25, 0.3) is 0 Å². The smallest absolute Gasteiger partial charge is 0.147 e. The molecule has 0 spiro atoms. The summed E-state index contributed by atoms with van der Waals surface area (Å²) in [6.07, 6.45) is 9.01. The molecule has 4 nitrogen and oxygen atoms in total. The minimum Gasteiger partial charge on any atom is -0.324 e. The highest BCUT2D eigenvalue weighted by molar-refractivity contribution is 5.16. The number of hydrogen-bond acceptors (Lipinski definition) is 3. The molecule has 2 N–H and O–H groups in total. The lowest BCUT2D eigenvalue weighted by molar-refractivity contribution is 0.315. The molecule has 2 aliphatic carbocycles. The van der Waals surface area contributed by atoms with Gasteiger partial charge in [-0.15, -0.1) is 10.2 Å². The molecule has 1 aromatic heterocycles. The summed E-state index contributed by atoms with van der Waals surface area (Å²) in [4.78, 5) is 0. The van der Waals surface area contributed by atoms with E-state index in [0.29, 0.717) is 18.5 Å². The van der Waals surface area contributed by atoms with Gasteiger partial charge in [-0.25, -0.2) is 0 Å². The Bertz CT molecular complexity index is 439. The van der Waals surface area contributed by atoms with Gasteiger partial charge in [0.15, 0.2) is 0 Å². The number of rotatable bonds is 5. The summed E-state index contributed by atoms with van der Waals surface area (Å²) < 4.78 is 2.40. The van der Waals surface area contributed by atoms with Crippen LogP contribution >= 0.6 is 0 Å². The van der Waals surface area contributed by atoms with Gasteiger partial charge in [-0.2, -0.15) is 0 Å². The van der Waals surface area contributed by atoms with Crippen molar-refractivity contribution in [2.45, 2.75) is 76.8 Å². The predicted octanol–water partition coefficient (Wildman–Crippen LogP) is 2.93. The topological polar surface area (TPSA) is 56.7 Å². The monoisotopic (exact) mass is 262 g/mol. The van der Waals surface area contributed by atoms with E-state index in [-0.39, 0.29) is 5.41 Å². The van der Waals surface area contributed by atoms with Gasteiger partial charge < -0.3 is 10.3 Å². The summed E-state index contributed by atoms with van der Waals surface area (Å²) in [5.41, 5.74) is 6.12. The molecule has 19 heavy (non-hydrogen) atoms. The van der Waals surface area contributed by atoms with Crippen LogP contribution in [0.5, 0.6) is 0 Å². The molecule has 0 aliphatic heterocycles. The Morgan fingerprint density at radius 2 is 1.95 bits per heavy atom. The first-order valence-corrected chi connectivity index (χ1v) is 7.80. The number of nitrogens with zero attached hydrogens (tertiary/aromatic N) is 3. The van der Waals surface area contributed by atoms with E-state index in [9.17, 15) is 0 Å². The first-order valence-electron chi connectivity index (χ1n) is 7.80. The van der Waals surface area contributed by atoms with Crippen molar-refractivity contribution in [2.24, 2.45) is 11.7 Å². The van der Waals surface area contributed by atoms with Gasteiger partial charge in [0.1, 0.15) is 11.6 Å². The lowest BCUT2D eigenvalue weighted by Gasteiger charge is -2.30. The Balaban J connectivity index is 2.00. The molecule has 0 unspecified atom stereocenters. The fraction of sp³-hybridized carbons (Fsp3) is 0.867. The highest BCUT2D eigenvalue weighted by Crippen LogP contribution is 2.48. The average molecular weight is 262 g/mol. The van der Waals surface area contributed by atoms with Crippen LogP contribution in [-0.4, -0.2) is 14.8 Å². The number of aromatic nitrogens is 3. The Morgan fingerprint density at radius 3 is 2.47 bits per heavy atom. The molecule has 1 heterocycles. The molecule has 0 bridgehead atoms. The van der Waals surface area contributed by atoms with Gasteiger partial charge in [0.2, 0.25) is 0 Å². The van der Waals surface area contributed by atoms with Crippen LogP contribution in [0, 0.1) is 5.92 Å². The molecule has 0 amide bonds. The SMILES string of the molecule is CC(C)CC1(c2nnc(CN)n2C2CC2)CCCC1. The Hall–Kier alpha value is -0.900. The van der Waals surface area contributed by atoms with Crippen LogP contribution in [0.25, 0.3) is 0 Å². The van der Waals surface area contributed by atoms with Gasteiger partial charge in [-0.1, -0.05) is 26.7 Å². The third-order valence-electron chi connectivity index (χ3n) is 4.70. The second-order valence-corrected chi connectivity index (χ2v) is 6.83. The van der Waals surface area contributed by atoms with Crippen molar-refractivity contribution in [1.29, 1.82) is 0 Å². The maximum Gasteiger partial charge on any atom is 0.147 e. The van der Waals surface area contributed by atoms with Gasteiger partial charge in [-0.05, 0) is 38.0 Å². The van der Waals surface area contributed by atoms with Gasteiger partial charge in [-0.3, -0.25) is 0 Å². The first kappa shape index (κ1) is 13.1. The van der Waals surface area contributed by atoms with Gasteiger partial charge in [0, 0.05) is 11.5 Å². The van der Waals surface area contributed by atoms with Crippen molar-refractivity contribution in [3.05, 3.63) is 11.6 Å². The standard InChI is InChI=1S/C15H26N4/c1-11(2)9-15(7-3-4-8-15)14-18-17-13(10-16)19(14)12-5-6-12/h11-12H,3-10,16H2,1-2H3. The summed E-state index contributed by atoms with van der Waals surface area (Å²) in [5, 5.41) is 8.97. The van der Waals surface area contributed by atoms with E-state index in [0.717, 1.165) is 5.82 Å². The van der Waals surface area contributed by atoms with Crippen molar-refractivity contribution in [3.8, 4) is 0 Å². The quantitative estimate of drug-likeness (QED) is 0.887. The molecular formula is C15H26N4. The van der Waals surface area contributed by atoms with Crippen LogP contribution in [0.4, 0.5) is 0 Å². The molecule has 106 valence electrons. The van der Waals surface area contributed by atoms with E-state index >= 15 is 0 Å². The number of nitrogens with two attached hydrogens (primary N) is 1. The normalized spacial score (nSPS) is 22.3. The minimum atomic E-state index is 0.275. The zero-order valence-corrected chi connectivity index (χ0v) is 12.2. The average Bonchev–Trinajstić information content (AvgIpc) is 2.94. The molecule has 3 rings (SSSR count). The molecule has 2 aliphatic rings. The summed E-state index contributed by atoms with van der Waals surface area (Å²) >= 11 is 0. The lowest BCUT2D eigenvalue weighted by Crippen LogP contribution is -2.29. The molecule has 0 atom stereocenters. The zero-order chi connectivity index (χ0) is 13.5. The van der Waals surface area contributed by atoms with Crippen LogP contribution < -0.4 is 5.73 Å². The Kier molecular flexibility index (Phi) is 3.37. The summed E-state index contributed by atoms with van der Waals surface area (Å²) in [6.45, 7) is 5.16. The molecule has 0 aromatic carbocycles. The van der Waals surface area contributed by atoms with E-state index < -0.39 is 0 Å². The van der Waals surface area contributed by atoms with Gasteiger partial charge >= 0.3 is 0 Å². The van der Waals surface area contributed by atoms with Crippen LogP contribution in [0.15, 0.2) is 0 Å². The van der Waals surface area contributed by atoms with Crippen LogP contribution in [0.2, 0.25) is 0 Å². The highest BCUT2D eigenvalue weighted by atomic mass is 15.3. The van der Waals surface area contributed by atoms with Crippen LogP contribution in [-0.2, 0) is 12.0 Å². The number of hydrogen-bond donors (Lipinski definition) is 1. The molecule has 4 heteroatoms. The molecule has 2 saturated carbocycles. The fourth-order valence-electron chi connectivity index (χ4n) is 3.89. The minimum absolute atomic E-state index is 0.275. The van der Waals surface area contributed by atoms with E-state index in [1.54, 1.807) is 0 Å². The second kappa shape index (κ2) is 4.89. The maximum absolute atomic E-state index is 5.85. The van der Waals surface area contributed by atoms with E-state index in [4.69, 9.17) is 5.73 Å². The second-order valence-electron chi connectivity index (χ2n) is 6.83. The highest BCUT2D eigenvalue weighted by Gasteiger charge is 2.43. The molecule has 2 fully saturated rings. The largest absolute Gasteiger partial charge is 0.324 e. The third kappa shape index (κ3) is 2.31.